The quantitative estimate of drug-likeness (QED) is 0.294. The Morgan fingerprint density at radius 2 is 2.03 bits per heavy atom. The third-order valence-electron chi connectivity index (χ3n) is 6.56. The third-order valence-corrected chi connectivity index (χ3v) is 6.56. The molecule has 2 aromatic carbocycles. The van der Waals surface area contributed by atoms with Crippen molar-refractivity contribution < 1.29 is 4.74 Å². The maximum Gasteiger partial charge on any atom is 0.228 e. The highest BCUT2D eigenvalue weighted by atomic mass is 16.5. The Balaban J connectivity index is 1.46. The predicted molar refractivity (Wildman–Crippen MR) is 147 cm³/mol. The van der Waals surface area contributed by atoms with Crippen molar-refractivity contribution in [1.29, 1.82) is 5.26 Å². The Hall–Kier alpha value is -4.22. The van der Waals surface area contributed by atoms with Gasteiger partial charge in [-0.2, -0.15) is 5.26 Å². The molecule has 1 saturated heterocycles. The van der Waals surface area contributed by atoms with E-state index in [2.05, 4.69) is 38.1 Å². The van der Waals surface area contributed by atoms with Gasteiger partial charge in [-0.1, -0.05) is 24.3 Å². The zero-order valence-corrected chi connectivity index (χ0v) is 21.2. The van der Waals surface area contributed by atoms with E-state index in [1.807, 2.05) is 56.3 Å². The lowest BCUT2D eigenvalue weighted by atomic mass is 10.0. The molecule has 0 saturated carbocycles. The molecule has 0 spiro atoms. The van der Waals surface area contributed by atoms with Gasteiger partial charge in [-0.05, 0) is 63.1 Å². The fourth-order valence-corrected chi connectivity index (χ4v) is 4.54. The molecule has 5 rings (SSSR count). The van der Waals surface area contributed by atoms with Crippen molar-refractivity contribution in [3.63, 3.8) is 0 Å². The molecule has 2 atom stereocenters. The number of benzene rings is 2. The second-order valence-corrected chi connectivity index (χ2v) is 9.43. The number of fused-ring (bicyclic) bond motifs is 1. The molecule has 2 unspecified atom stereocenters. The lowest BCUT2D eigenvalue weighted by Gasteiger charge is -2.23. The number of ether oxygens (including phenoxy) is 1. The van der Waals surface area contributed by atoms with Crippen LogP contribution in [0.4, 0.5) is 11.6 Å². The second kappa shape index (κ2) is 11.2. The summed E-state index contributed by atoms with van der Waals surface area (Å²) in [5, 5.41) is 21.4. The van der Waals surface area contributed by atoms with Gasteiger partial charge in [0.15, 0.2) is 0 Å². The number of anilines is 2. The first-order valence-corrected chi connectivity index (χ1v) is 12.7. The van der Waals surface area contributed by atoms with Gasteiger partial charge in [-0.15, -0.1) is 0 Å². The molecule has 1 aliphatic rings. The largest absolute Gasteiger partial charge is 0.437 e. The first-order chi connectivity index (χ1) is 18.1. The van der Waals surface area contributed by atoms with E-state index >= 15 is 0 Å². The summed E-state index contributed by atoms with van der Waals surface area (Å²) >= 11 is 0. The average Bonchev–Trinajstić information content (AvgIpc) is 2.94. The summed E-state index contributed by atoms with van der Waals surface area (Å²) in [7, 11) is 0. The summed E-state index contributed by atoms with van der Waals surface area (Å²) in [6.07, 6.45) is 5.72. The highest BCUT2D eigenvalue weighted by molar-refractivity contribution is 5.98. The van der Waals surface area contributed by atoms with Crippen LogP contribution in [0.2, 0.25) is 0 Å². The van der Waals surface area contributed by atoms with Crippen LogP contribution in [0.15, 0.2) is 60.9 Å². The van der Waals surface area contributed by atoms with Gasteiger partial charge in [0, 0.05) is 48.0 Å². The fraction of sp³-hybridized carbons (Fsp3) is 0.310. The van der Waals surface area contributed by atoms with Crippen LogP contribution in [0.5, 0.6) is 11.6 Å². The van der Waals surface area contributed by atoms with Crippen LogP contribution >= 0.6 is 0 Å². The Labute approximate surface area is 217 Å². The van der Waals surface area contributed by atoms with Gasteiger partial charge >= 0.3 is 0 Å². The van der Waals surface area contributed by atoms with Crippen LogP contribution in [0.25, 0.3) is 22.0 Å². The van der Waals surface area contributed by atoms with Crippen LogP contribution < -0.4 is 20.7 Å². The Morgan fingerprint density at radius 1 is 1.11 bits per heavy atom. The van der Waals surface area contributed by atoms with Gasteiger partial charge in [-0.3, -0.25) is 0 Å². The minimum Gasteiger partial charge on any atom is -0.437 e. The van der Waals surface area contributed by atoms with Crippen LogP contribution in [-0.4, -0.2) is 40.6 Å². The Morgan fingerprint density at radius 3 is 2.86 bits per heavy atom. The normalized spacial score (nSPS) is 16.1. The summed E-state index contributed by atoms with van der Waals surface area (Å²) in [4.78, 5) is 13.8. The molecule has 2 aromatic heterocycles. The van der Waals surface area contributed by atoms with Crippen molar-refractivity contribution in [2.24, 2.45) is 5.92 Å². The Kier molecular flexibility index (Phi) is 7.43. The van der Waals surface area contributed by atoms with E-state index in [0.29, 0.717) is 24.4 Å². The average molecular weight is 494 g/mol. The smallest absolute Gasteiger partial charge is 0.228 e. The van der Waals surface area contributed by atoms with Crippen molar-refractivity contribution in [2.75, 3.05) is 30.3 Å². The molecular formula is C29H31N7O. The molecule has 0 amide bonds. The van der Waals surface area contributed by atoms with E-state index in [1.54, 1.807) is 12.4 Å². The number of hydrogen-bond acceptors (Lipinski definition) is 8. The molecule has 3 N–H and O–H groups in total. The standard InChI is InChI=1S/C29H31N7O/c1-19(16-30)17-34-25-9-3-7-23-22(25)11-10-20(2)27(23)37-28-24(8-5-14-32-28)26-12-15-33-29(36-26)35-21-6-4-13-31-18-21/h3,5,7-12,14-15,19,21,31,34H,4,6,13,17-18H2,1-2H3,(H,33,35,36). The van der Waals surface area contributed by atoms with Gasteiger partial charge < -0.3 is 20.7 Å². The molecule has 0 bridgehead atoms. The fourth-order valence-electron chi connectivity index (χ4n) is 4.54. The zero-order chi connectivity index (χ0) is 25.6. The van der Waals surface area contributed by atoms with Gasteiger partial charge in [0.1, 0.15) is 5.75 Å². The molecule has 3 heterocycles. The number of aryl methyl sites for hydroxylation is 1. The summed E-state index contributed by atoms with van der Waals surface area (Å²) in [6, 6.07) is 18.5. The van der Waals surface area contributed by atoms with Gasteiger partial charge in [0.2, 0.25) is 11.8 Å². The van der Waals surface area contributed by atoms with E-state index in [-0.39, 0.29) is 5.92 Å². The summed E-state index contributed by atoms with van der Waals surface area (Å²) in [6.45, 7) is 6.46. The van der Waals surface area contributed by atoms with Crippen LogP contribution in [0.1, 0.15) is 25.3 Å². The van der Waals surface area contributed by atoms with E-state index in [9.17, 15) is 0 Å². The molecule has 4 aromatic rings. The number of rotatable bonds is 8. The van der Waals surface area contributed by atoms with E-state index < -0.39 is 0 Å². The molecular weight excluding hydrogens is 462 g/mol. The molecule has 8 nitrogen and oxygen atoms in total. The van der Waals surface area contributed by atoms with Crippen LogP contribution in [-0.2, 0) is 0 Å². The minimum atomic E-state index is -0.0888. The number of piperidine rings is 1. The maximum atomic E-state index is 9.16. The third kappa shape index (κ3) is 5.63. The number of nitriles is 1. The monoisotopic (exact) mass is 493 g/mol. The predicted octanol–water partition coefficient (Wildman–Crippen LogP) is 5.53. The van der Waals surface area contributed by atoms with Crippen LogP contribution in [0.3, 0.4) is 0 Å². The van der Waals surface area contributed by atoms with Gasteiger partial charge in [0.25, 0.3) is 0 Å². The number of pyridine rings is 1. The molecule has 37 heavy (non-hydrogen) atoms. The molecule has 0 radical (unpaired) electrons. The molecule has 1 fully saturated rings. The van der Waals surface area contributed by atoms with E-state index in [0.717, 1.165) is 65.0 Å². The molecule has 0 aliphatic carbocycles. The van der Waals surface area contributed by atoms with Crippen molar-refractivity contribution in [1.82, 2.24) is 20.3 Å². The summed E-state index contributed by atoms with van der Waals surface area (Å²) in [5.41, 5.74) is 3.51. The Bertz CT molecular complexity index is 1430. The highest BCUT2D eigenvalue weighted by Gasteiger charge is 2.17. The van der Waals surface area contributed by atoms with Gasteiger partial charge in [0.05, 0.1) is 23.2 Å². The van der Waals surface area contributed by atoms with E-state index in [1.165, 1.54) is 0 Å². The maximum absolute atomic E-state index is 9.16. The number of hydrogen-bond donors (Lipinski definition) is 3. The van der Waals surface area contributed by atoms with Gasteiger partial charge in [-0.25, -0.2) is 15.0 Å². The summed E-state index contributed by atoms with van der Waals surface area (Å²) < 4.78 is 6.52. The van der Waals surface area contributed by atoms with E-state index in [4.69, 9.17) is 15.0 Å². The number of nitrogens with zero attached hydrogens (tertiary/aromatic N) is 4. The van der Waals surface area contributed by atoms with Crippen LogP contribution in [0, 0.1) is 24.2 Å². The van der Waals surface area contributed by atoms with Crippen molar-refractivity contribution in [2.45, 2.75) is 32.7 Å². The topological polar surface area (TPSA) is 108 Å². The number of aromatic nitrogens is 3. The van der Waals surface area contributed by atoms with Crippen molar-refractivity contribution in [3.05, 3.63) is 66.5 Å². The molecule has 188 valence electrons. The summed E-state index contributed by atoms with van der Waals surface area (Å²) in [5.74, 6) is 1.74. The van der Waals surface area contributed by atoms with Crippen molar-refractivity contribution in [3.8, 4) is 29.0 Å². The minimum absolute atomic E-state index is 0.0888. The lowest BCUT2D eigenvalue weighted by molar-refractivity contribution is 0.466. The zero-order valence-electron chi connectivity index (χ0n) is 21.2. The first kappa shape index (κ1) is 24.5. The molecule has 1 aliphatic heterocycles. The molecule has 8 heteroatoms. The van der Waals surface area contributed by atoms with Crippen molar-refractivity contribution >= 4 is 22.4 Å². The first-order valence-electron chi connectivity index (χ1n) is 12.7. The lowest BCUT2D eigenvalue weighted by Crippen LogP contribution is -2.38. The second-order valence-electron chi connectivity index (χ2n) is 9.43. The highest BCUT2D eigenvalue weighted by Crippen LogP contribution is 2.38. The SMILES string of the molecule is Cc1ccc2c(NCC(C)C#N)cccc2c1Oc1ncccc1-c1ccnc(NC2CCCNC2)n1. The number of nitrogens with one attached hydrogen (secondary N) is 3.